The van der Waals surface area contributed by atoms with Crippen molar-refractivity contribution in [3.8, 4) is 11.5 Å². The Hall–Kier alpha value is -16.3. The molecule has 0 fully saturated rings. The number of hydrogen-bond donors (Lipinski definition) is 12. The lowest BCUT2D eigenvalue weighted by atomic mass is 10.1. The molecule has 0 aromatic heterocycles. The molecule has 0 bridgehead atoms. The standard InChI is InChI=1S/C78H56N22O14S2/c79-61-37-63(81)71(99-95-67-28-26-65(55-24-22-53(35-57(55)67)115(109,110)111)93-87-47-16-12-43(13-17-47)83-75(103)41-4-8-45(9-5-41)85-89-51-20-30-73(101)59(33-51)77(105)106)39-69(61)97-91-49-2-1-3-50(32-49)92-98-70-40-72(64(82)38-62(70)80)100-96-68-29-27-66(56-25-23-54(36-58(56)68)116(112,113)114)94-88-48-18-14-44(15-19-48)84-76(104)42-6-10-46(11-7-42)86-90-52-21-31-74(102)60(34-52)78(107)108/h1-40,101-102H,79-82H2,(H,83,103)(H,84,104)(H,105,106)(H,107,108)(H,109,110,111)(H,112,113,114). The second-order valence-corrected chi connectivity index (χ2v) is 27.6. The molecular formula is C78H56N22O14S2. The number of aromatic hydroxyl groups is 2. The first-order chi connectivity index (χ1) is 55.6. The zero-order valence-electron chi connectivity index (χ0n) is 59.3. The van der Waals surface area contributed by atoms with Gasteiger partial charge < -0.3 is 54.0 Å². The number of carboxylic acids is 2. The molecule has 36 nitrogen and oxygen atoms in total. The highest BCUT2D eigenvalue weighted by atomic mass is 32.2. The van der Waals surface area contributed by atoms with Crippen LogP contribution in [0.1, 0.15) is 41.4 Å². The maximum Gasteiger partial charge on any atom is 0.339 e. The molecule has 0 aliphatic rings. The number of nitrogen functional groups attached to an aromatic ring is 4. The molecule has 0 saturated heterocycles. The molecule has 38 heteroatoms. The number of nitrogens with zero attached hydrogens (tertiary/aromatic N) is 16. The van der Waals surface area contributed by atoms with Gasteiger partial charge in [0.15, 0.2) is 0 Å². The van der Waals surface area contributed by atoms with Crippen molar-refractivity contribution >= 4 is 191 Å². The van der Waals surface area contributed by atoms with E-state index in [9.17, 15) is 65.5 Å². The highest BCUT2D eigenvalue weighted by Crippen LogP contribution is 2.43. The van der Waals surface area contributed by atoms with Crippen LogP contribution in [0.2, 0.25) is 0 Å². The molecule has 0 aliphatic carbocycles. The van der Waals surface area contributed by atoms with E-state index >= 15 is 0 Å². The van der Waals surface area contributed by atoms with Crippen LogP contribution in [0.5, 0.6) is 11.5 Å². The highest BCUT2D eigenvalue weighted by molar-refractivity contribution is 7.86. The molecule has 574 valence electrons. The Balaban J connectivity index is 0.654. The van der Waals surface area contributed by atoms with Gasteiger partial charge in [-0.3, -0.25) is 18.7 Å². The molecule has 0 saturated carbocycles. The van der Waals surface area contributed by atoms with Crippen molar-refractivity contribution in [1.29, 1.82) is 0 Å². The normalized spacial score (nSPS) is 12.2. The number of azo groups is 8. The summed E-state index contributed by atoms with van der Waals surface area (Å²) in [7, 11) is -9.42. The summed E-state index contributed by atoms with van der Waals surface area (Å²) >= 11 is 0. The monoisotopic (exact) mass is 1590 g/mol. The van der Waals surface area contributed by atoms with Crippen molar-refractivity contribution in [1.82, 2.24) is 0 Å². The first-order valence-electron chi connectivity index (χ1n) is 33.7. The Kier molecular flexibility index (Phi) is 22.5. The first kappa shape index (κ1) is 77.8. The smallest absolute Gasteiger partial charge is 0.339 e. The van der Waals surface area contributed by atoms with E-state index in [-0.39, 0.29) is 102 Å². The van der Waals surface area contributed by atoms with Gasteiger partial charge in [-0.1, -0.05) is 18.2 Å². The number of carbonyl (C=O) groups is 4. The highest BCUT2D eigenvalue weighted by Gasteiger charge is 2.20. The van der Waals surface area contributed by atoms with Crippen LogP contribution in [0.4, 0.5) is 125 Å². The van der Waals surface area contributed by atoms with Gasteiger partial charge in [0.05, 0.1) is 101 Å². The average Bonchev–Trinajstić information content (AvgIpc) is 0.781. The number of hydrogen-bond acceptors (Lipinski definition) is 30. The van der Waals surface area contributed by atoms with Gasteiger partial charge >= 0.3 is 11.9 Å². The first-order valence-corrected chi connectivity index (χ1v) is 36.6. The number of phenols is 2. The minimum Gasteiger partial charge on any atom is -0.507 e. The van der Waals surface area contributed by atoms with Crippen LogP contribution in [0, 0.1) is 0 Å². The minimum absolute atomic E-state index is 0.0900. The molecular weight excluding hydrogens is 1530 g/mol. The molecule has 116 heavy (non-hydrogen) atoms. The summed E-state index contributed by atoms with van der Waals surface area (Å²) in [6.45, 7) is 0. The number of rotatable bonds is 24. The topological polar surface area (TPSA) is 584 Å². The lowest BCUT2D eigenvalue weighted by Gasteiger charge is -2.08. The lowest BCUT2D eigenvalue weighted by Crippen LogP contribution is -2.11. The number of fused-ring (bicyclic) bond motifs is 2. The van der Waals surface area contributed by atoms with Crippen LogP contribution < -0.4 is 33.6 Å². The summed E-state index contributed by atoms with van der Waals surface area (Å²) in [5.74, 6) is -4.36. The number of nitrogens with two attached hydrogens (primary N) is 4. The van der Waals surface area contributed by atoms with Gasteiger partial charge in [-0.2, -0.15) is 57.7 Å². The van der Waals surface area contributed by atoms with Crippen molar-refractivity contribution < 1.29 is 65.5 Å². The second kappa shape index (κ2) is 33.5. The molecule has 2 amide bonds. The van der Waals surface area contributed by atoms with Gasteiger partial charge in [0, 0.05) is 44.0 Å². The van der Waals surface area contributed by atoms with Crippen molar-refractivity contribution in [2.45, 2.75) is 9.79 Å². The molecule has 13 aromatic carbocycles. The molecule has 0 radical (unpaired) electrons. The Morgan fingerprint density at radius 3 is 0.897 bits per heavy atom. The lowest BCUT2D eigenvalue weighted by molar-refractivity contribution is 0.0682. The maximum absolute atomic E-state index is 13.1. The molecule has 16 N–H and O–H groups in total. The number of anilines is 6. The predicted molar refractivity (Wildman–Crippen MR) is 430 cm³/mol. The minimum atomic E-state index is -4.71. The Bertz CT molecular complexity index is 6260. The third kappa shape index (κ3) is 18.9. The van der Waals surface area contributed by atoms with Crippen molar-refractivity contribution in [3.05, 3.63) is 265 Å². The third-order valence-electron chi connectivity index (χ3n) is 16.8. The Labute approximate surface area is 654 Å². The summed E-state index contributed by atoms with van der Waals surface area (Å²) in [6.07, 6.45) is 0. The van der Waals surface area contributed by atoms with Crippen LogP contribution >= 0.6 is 0 Å². The van der Waals surface area contributed by atoms with Crippen LogP contribution in [0.25, 0.3) is 21.5 Å². The zero-order chi connectivity index (χ0) is 82.0. The van der Waals surface area contributed by atoms with Crippen molar-refractivity contribution in [2.75, 3.05) is 33.6 Å². The van der Waals surface area contributed by atoms with Gasteiger partial charge in [0.25, 0.3) is 32.1 Å². The van der Waals surface area contributed by atoms with Gasteiger partial charge in [-0.05, 0) is 224 Å². The largest absolute Gasteiger partial charge is 0.507 e. The van der Waals surface area contributed by atoms with Crippen LogP contribution in [0.15, 0.2) is 334 Å². The summed E-state index contributed by atoms with van der Waals surface area (Å²) in [6, 6.07) is 58.4. The molecule has 0 aliphatic heterocycles. The summed E-state index contributed by atoms with van der Waals surface area (Å²) in [5, 5.41) is 113. The molecule has 0 heterocycles. The summed E-state index contributed by atoms with van der Waals surface area (Å²) < 4.78 is 69.7. The molecule has 13 aromatic rings. The van der Waals surface area contributed by atoms with Crippen LogP contribution in [0.3, 0.4) is 0 Å². The van der Waals surface area contributed by atoms with Crippen LogP contribution in [-0.4, -0.2) is 70.1 Å². The SMILES string of the molecule is Nc1cc(N)c(N=Nc2ccc(N=Nc3ccc(NC(=O)c4ccc(N=Nc5ccc(O)c(C(=O)O)c5)cc4)cc3)c3ccc(S(=O)(=O)O)cc23)cc1N=Nc1cccc(N=Nc2cc(N=Nc3ccc(N=Nc4ccc(NC(=O)c5ccc(N=Nc6ccc(O)c(C(=O)O)c6)cc5)cc4)c4ccc(S(=O)(=O)O)cc34)c(N)cc2N)c1. The fourth-order valence-corrected chi connectivity index (χ4v) is 11.9. The fraction of sp³-hybridized carbons (Fsp3) is 0. The van der Waals surface area contributed by atoms with Gasteiger partial charge in [-0.15, -0.1) is 40.9 Å². The van der Waals surface area contributed by atoms with E-state index in [1.807, 2.05) is 0 Å². The average molecular weight is 1590 g/mol. The third-order valence-corrected chi connectivity index (χ3v) is 18.5. The molecule has 0 spiro atoms. The molecule has 0 atom stereocenters. The Morgan fingerprint density at radius 2 is 0.552 bits per heavy atom. The zero-order valence-corrected chi connectivity index (χ0v) is 61.0. The van der Waals surface area contributed by atoms with E-state index in [0.29, 0.717) is 67.4 Å². The second-order valence-electron chi connectivity index (χ2n) is 24.7. The molecule has 13 rings (SSSR count). The predicted octanol–water partition coefficient (Wildman–Crippen LogP) is 21.5. The van der Waals surface area contributed by atoms with Crippen molar-refractivity contribution in [3.63, 3.8) is 0 Å². The number of carbonyl (C=O) groups excluding carboxylic acids is 2. The van der Waals surface area contributed by atoms with E-state index in [4.69, 9.17) is 22.9 Å². The summed E-state index contributed by atoms with van der Waals surface area (Å²) in [5.41, 5.74) is 30.4. The quantitative estimate of drug-likeness (QED) is 0.0152. The Morgan fingerprint density at radius 1 is 0.276 bits per heavy atom. The van der Waals surface area contributed by atoms with Gasteiger partial charge in [-0.25, -0.2) is 9.59 Å². The van der Waals surface area contributed by atoms with E-state index < -0.39 is 65.3 Å². The number of nitrogens with one attached hydrogen (secondary N) is 2. The number of amides is 2. The van der Waals surface area contributed by atoms with E-state index in [1.54, 1.807) is 109 Å². The van der Waals surface area contributed by atoms with Crippen LogP contribution in [-0.2, 0) is 20.2 Å². The van der Waals surface area contributed by atoms with Crippen molar-refractivity contribution in [2.24, 2.45) is 81.8 Å². The van der Waals surface area contributed by atoms with E-state index in [2.05, 4.69) is 92.5 Å². The number of benzene rings is 13. The van der Waals surface area contributed by atoms with Gasteiger partial charge in [0.2, 0.25) is 0 Å². The number of aromatic carboxylic acids is 2. The number of carboxylic acid groups (broad SMARTS) is 2. The summed E-state index contributed by atoms with van der Waals surface area (Å²) in [4.78, 5) is 48.1. The van der Waals surface area contributed by atoms with Gasteiger partial charge in [0.1, 0.15) is 45.4 Å². The fourth-order valence-electron chi connectivity index (χ4n) is 10.8. The maximum atomic E-state index is 13.1. The van der Waals surface area contributed by atoms with E-state index in [1.165, 1.54) is 133 Å². The van der Waals surface area contributed by atoms with E-state index in [0.717, 1.165) is 0 Å². The molecule has 0 unspecified atom stereocenters.